The number of aromatic hydroxyl groups is 1. The smallest absolute Gasteiger partial charge is 0.215 e. The number of fused-ring (bicyclic) bond motifs is 2. The van der Waals surface area contributed by atoms with Crippen LogP contribution >= 0.6 is 0 Å². The predicted octanol–water partition coefficient (Wildman–Crippen LogP) is 4.18. The molecule has 210 valence electrons. The lowest BCUT2D eigenvalue weighted by molar-refractivity contribution is 0.0322. The third-order valence-corrected chi connectivity index (χ3v) is 5.87. The van der Waals surface area contributed by atoms with Crippen molar-refractivity contribution in [3.8, 4) is 28.7 Å². The third-order valence-electron chi connectivity index (χ3n) is 5.87. The Morgan fingerprint density at radius 3 is 1.77 bits per heavy atom. The van der Waals surface area contributed by atoms with Gasteiger partial charge in [0, 0.05) is 52.0 Å². The molecule has 0 unspecified atom stereocenters. The van der Waals surface area contributed by atoms with Crippen molar-refractivity contribution in [2.24, 2.45) is 4.99 Å². The maximum Gasteiger partial charge on any atom is 0.215 e. The van der Waals surface area contributed by atoms with Gasteiger partial charge in [0.05, 0.1) is 16.8 Å². The van der Waals surface area contributed by atoms with E-state index >= 15 is 0 Å². The van der Waals surface area contributed by atoms with Gasteiger partial charge in [-0.15, -0.1) is 0 Å². The summed E-state index contributed by atoms with van der Waals surface area (Å²) in [5.74, 6) is 0.857. The maximum absolute atomic E-state index is 13.7. The highest BCUT2D eigenvalue weighted by atomic mass is 16.7. The molecular formula is C27H32N2O10. The molecule has 1 aliphatic heterocycles. The topological polar surface area (TPSA) is 128 Å². The molecule has 0 saturated carbocycles. The molecule has 4 rings (SSSR count). The van der Waals surface area contributed by atoms with Gasteiger partial charge in [-0.25, -0.2) is 4.99 Å². The monoisotopic (exact) mass is 544 g/mol. The molecule has 0 spiro atoms. The Labute approximate surface area is 225 Å². The van der Waals surface area contributed by atoms with Crippen molar-refractivity contribution in [2.45, 2.75) is 19.9 Å². The first-order chi connectivity index (χ1) is 18.9. The summed E-state index contributed by atoms with van der Waals surface area (Å²) in [7, 11) is 5.99. The van der Waals surface area contributed by atoms with Crippen molar-refractivity contribution in [1.29, 1.82) is 0 Å². The molecule has 0 atom stereocenters. The van der Waals surface area contributed by atoms with E-state index in [-0.39, 0.29) is 56.2 Å². The predicted molar refractivity (Wildman–Crippen MR) is 141 cm³/mol. The minimum absolute atomic E-state index is 0.0163. The number of Topliss-reactive ketones (excluding diaryl/α,β-unsaturated/α-hetero) is 1. The number of carbonyl (C=O) groups excluding carboxylic acids is 1. The van der Waals surface area contributed by atoms with Gasteiger partial charge in [-0.3, -0.25) is 4.79 Å². The van der Waals surface area contributed by atoms with Gasteiger partial charge in [0.25, 0.3) is 0 Å². The molecule has 12 heteroatoms. The van der Waals surface area contributed by atoms with Gasteiger partial charge < -0.3 is 47.6 Å². The van der Waals surface area contributed by atoms with E-state index in [2.05, 4.69) is 4.99 Å². The lowest BCUT2D eigenvalue weighted by Gasteiger charge is -2.16. The molecule has 0 radical (unpaired) electrons. The fourth-order valence-electron chi connectivity index (χ4n) is 4.29. The number of hydrogen-bond donors (Lipinski definition) is 1. The molecule has 1 aromatic heterocycles. The standard InChI is InChI=1S/C27H32N2O10/c1-15(2)29-19-10-23(39-14-35-6)21(37-12-33-4)8-17(19)27(31)25(29)24-26(30)16-7-20(36-11-32-3)22(38-13-34-5)9-18(16)28-24/h7-10,15,31H,11-14H2,1-6H3. The van der Waals surface area contributed by atoms with Gasteiger partial charge >= 0.3 is 0 Å². The minimum atomic E-state index is -0.378. The second-order valence-electron chi connectivity index (χ2n) is 8.79. The summed E-state index contributed by atoms with van der Waals surface area (Å²) in [6.07, 6.45) is 0. The van der Waals surface area contributed by atoms with Gasteiger partial charge in [0.1, 0.15) is 11.4 Å². The highest BCUT2D eigenvalue weighted by Gasteiger charge is 2.34. The van der Waals surface area contributed by atoms with Crippen molar-refractivity contribution >= 4 is 28.1 Å². The third kappa shape index (κ3) is 5.50. The molecule has 0 saturated heterocycles. The highest BCUT2D eigenvalue weighted by molar-refractivity contribution is 6.55. The van der Waals surface area contributed by atoms with E-state index in [1.54, 1.807) is 24.3 Å². The first-order valence-electron chi connectivity index (χ1n) is 12.1. The number of methoxy groups -OCH3 is 4. The number of aliphatic imine (C=N–C) groups is 1. The van der Waals surface area contributed by atoms with Crippen molar-refractivity contribution in [3.63, 3.8) is 0 Å². The van der Waals surface area contributed by atoms with Crippen molar-refractivity contribution in [1.82, 2.24) is 4.57 Å². The van der Waals surface area contributed by atoms with Crippen LogP contribution in [0.3, 0.4) is 0 Å². The van der Waals surface area contributed by atoms with Crippen LogP contribution in [0.5, 0.6) is 28.7 Å². The molecule has 0 fully saturated rings. The van der Waals surface area contributed by atoms with E-state index in [4.69, 9.17) is 37.9 Å². The lowest BCUT2D eigenvalue weighted by Crippen LogP contribution is -2.18. The first-order valence-corrected chi connectivity index (χ1v) is 12.1. The summed E-state index contributed by atoms with van der Waals surface area (Å²) in [6.45, 7) is 3.75. The summed E-state index contributed by atoms with van der Waals surface area (Å²) < 4.78 is 44.6. The average molecular weight is 545 g/mol. The number of aromatic nitrogens is 1. The van der Waals surface area contributed by atoms with Gasteiger partial charge in [0.2, 0.25) is 5.78 Å². The van der Waals surface area contributed by atoms with Gasteiger partial charge in [0.15, 0.2) is 55.9 Å². The summed E-state index contributed by atoms with van der Waals surface area (Å²) in [4.78, 5) is 18.3. The molecular weight excluding hydrogens is 512 g/mol. The van der Waals surface area contributed by atoms with Gasteiger partial charge in [-0.1, -0.05) is 0 Å². The Hall–Kier alpha value is -3.84. The molecule has 1 aliphatic rings. The van der Waals surface area contributed by atoms with Crippen LogP contribution in [0.4, 0.5) is 5.69 Å². The van der Waals surface area contributed by atoms with E-state index in [1.165, 1.54) is 28.4 Å². The number of ketones is 1. The van der Waals surface area contributed by atoms with E-state index in [0.717, 1.165) is 0 Å². The number of benzene rings is 2. The Morgan fingerprint density at radius 1 is 0.769 bits per heavy atom. The fourth-order valence-corrected chi connectivity index (χ4v) is 4.29. The number of rotatable bonds is 14. The summed E-state index contributed by atoms with van der Waals surface area (Å²) in [6, 6.07) is 6.34. The molecule has 2 aromatic carbocycles. The molecule has 0 bridgehead atoms. The normalized spacial score (nSPS) is 12.7. The van der Waals surface area contributed by atoms with Gasteiger partial charge in [-0.05, 0) is 26.0 Å². The van der Waals surface area contributed by atoms with Crippen LogP contribution in [-0.2, 0) is 18.9 Å². The van der Waals surface area contributed by atoms with E-state index in [9.17, 15) is 9.90 Å². The zero-order valence-electron chi connectivity index (χ0n) is 22.7. The minimum Gasteiger partial charge on any atom is -0.505 e. The number of nitrogens with zero attached hydrogens (tertiary/aromatic N) is 2. The van der Waals surface area contributed by atoms with Crippen LogP contribution < -0.4 is 18.9 Å². The fraction of sp³-hybridized carbons (Fsp3) is 0.407. The second-order valence-corrected chi connectivity index (χ2v) is 8.79. The average Bonchev–Trinajstić information content (AvgIpc) is 3.39. The van der Waals surface area contributed by atoms with Crippen LogP contribution in [0, 0.1) is 0 Å². The second kappa shape index (κ2) is 12.3. The van der Waals surface area contributed by atoms with Crippen molar-refractivity contribution in [3.05, 3.63) is 35.5 Å². The van der Waals surface area contributed by atoms with Crippen LogP contribution in [0.15, 0.2) is 29.3 Å². The molecule has 1 N–H and O–H groups in total. The zero-order valence-corrected chi connectivity index (χ0v) is 22.7. The zero-order chi connectivity index (χ0) is 28.1. The number of hydrogen-bond acceptors (Lipinski definition) is 11. The maximum atomic E-state index is 13.7. The van der Waals surface area contributed by atoms with Crippen LogP contribution in [0.2, 0.25) is 0 Å². The van der Waals surface area contributed by atoms with E-state index in [1.807, 2.05) is 18.4 Å². The molecule has 3 aromatic rings. The van der Waals surface area contributed by atoms with E-state index in [0.29, 0.717) is 45.2 Å². The molecule has 0 aliphatic carbocycles. The Morgan fingerprint density at radius 2 is 1.26 bits per heavy atom. The lowest BCUT2D eigenvalue weighted by atomic mass is 10.0. The first kappa shape index (κ1) is 28.2. The Kier molecular flexibility index (Phi) is 8.92. The number of carbonyl (C=O) groups is 1. The van der Waals surface area contributed by atoms with Crippen LogP contribution in [0.1, 0.15) is 35.9 Å². The largest absolute Gasteiger partial charge is 0.505 e. The molecule has 0 amide bonds. The number of ether oxygens (including phenoxy) is 8. The van der Waals surface area contributed by atoms with Gasteiger partial charge in [-0.2, -0.15) is 0 Å². The van der Waals surface area contributed by atoms with Crippen LogP contribution in [0.25, 0.3) is 10.9 Å². The SMILES string of the molecule is COCOc1cc2c(cc1OCOC)C(=O)C(c1c(O)c3cc(OCOC)c(OCOC)cc3n1C(C)C)=N2. The van der Waals surface area contributed by atoms with E-state index < -0.39 is 0 Å². The summed E-state index contributed by atoms with van der Waals surface area (Å²) in [5, 5.41) is 11.9. The summed E-state index contributed by atoms with van der Waals surface area (Å²) >= 11 is 0. The Bertz CT molecular complexity index is 1380. The molecule has 2 heterocycles. The summed E-state index contributed by atoms with van der Waals surface area (Å²) in [5.41, 5.74) is 1.63. The quantitative estimate of drug-likeness (QED) is 0.295. The van der Waals surface area contributed by atoms with Crippen molar-refractivity contribution < 1.29 is 47.8 Å². The molecule has 12 nitrogen and oxygen atoms in total. The molecule has 39 heavy (non-hydrogen) atoms. The highest BCUT2D eigenvalue weighted by Crippen LogP contribution is 2.45. The van der Waals surface area contributed by atoms with Crippen LogP contribution in [-0.4, -0.2) is 76.8 Å². The van der Waals surface area contributed by atoms with Crippen molar-refractivity contribution in [2.75, 3.05) is 55.6 Å². The Balaban J connectivity index is 1.87.